The normalized spacial score (nSPS) is 24.4. The molecular formula is C12H17N3O2. The Morgan fingerprint density at radius 3 is 3.18 bits per heavy atom. The Bertz CT molecular complexity index is 408. The summed E-state index contributed by atoms with van der Waals surface area (Å²) in [5, 5.41) is 5.93. The zero-order valence-electron chi connectivity index (χ0n) is 10.1. The quantitative estimate of drug-likeness (QED) is 0.792. The number of aryl methyl sites for hydroxylation is 1. The fourth-order valence-electron chi connectivity index (χ4n) is 1.84. The van der Waals surface area contributed by atoms with E-state index in [2.05, 4.69) is 15.6 Å². The lowest BCUT2D eigenvalue weighted by Gasteiger charge is -2.29. The molecule has 0 radical (unpaired) electrons. The molecule has 2 heterocycles. The van der Waals surface area contributed by atoms with E-state index >= 15 is 0 Å². The number of amides is 1. The van der Waals surface area contributed by atoms with Crippen molar-refractivity contribution in [2.75, 3.05) is 18.5 Å². The van der Waals surface area contributed by atoms with Crippen LogP contribution in [0.3, 0.4) is 0 Å². The molecule has 5 nitrogen and oxygen atoms in total. The molecule has 1 aromatic rings. The van der Waals surface area contributed by atoms with E-state index in [9.17, 15) is 4.79 Å². The van der Waals surface area contributed by atoms with E-state index < -0.39 is 0 Å². The molecule has 0 unspecified atom stereocenters. The predicted molar refractivity (Wildman–Crippen MR) is 64.8 cm³/mol. The fraction of sp³-hybridized carbons (Fsp3) is 0.500. The highest BCUT2D eigenvalue weighted by atomic mass is 16.5. The number of hydrogen-bond acceptors (Lipinski definition) is 4. The van der Waals surface area contributed by atoms with E-state index in [-0.39, 0.29) is 18.1 Å². The van der Waals surface area contributed by atoms with Crippen molar-refractivity contribution in [3.05, 3.63) is 23.9 Å². The molecule has 1 aliphatic heterocycles. The Balaban J connectivity index is 2.01. The number of ether oxygens (including phenoxy) is 1. The van der Waals surface area contributed by atoms with Gasteiger partial charge in [0.25, 0.3) is 0 Å². The highest BCUT2D eigenvalue weighted by Crippen LogP contribution is 2.09. The lowest BCUT2D eigenvalue weighted by molar-refractivity contribution is -0.123. The van der Waals surface area contributed by atoms with Gasteiger partial charge in [0.2, 0.25) is 5.91 Å². The molecule has 92 valence electrons. The van der Waals surface area contributed by atoms with Crippen LogP contribution in [-0.4, -0.2) is 36.2 Å². The van der Waals surface area contributed by atoms with Crippen molar-refractivity contribution in [3.63, 3.8) is 0 Å². The van der Waals surface area contributed by atoms with Crippen LogP contribution in [-0.2, 0) is 9.53 Å². The number of carbonyl (C=O) groups is 1. The summed E-state index contributed by atoms with van der Waals surface area (Å²) in [5.41, 5.74) is 1.07. The van der Waals surface area contributed by atoms with Gasteiger partial charge in [0.15, 0.2) is 0 Å². The van der Waals surface area contributed by atoms with Crippen LogP contribution in [0, 0.1) is 6.92 Å². The Labute approximate surface area is 101 Å². The van der Waals surface area contributed by atoms with E-state index in [0.717, 1.165) is 5.56 Å². The minimum atomic E-state index is -0.314. The van der Waals surface area contributed by atoms with Gasteiger partial charge in [-0.25, -0.2) is 4.98 Å². The zero-order chi connectivity index (χ0) is 12.3. The monoisotopic (exact) mass is 235 g/mol. The van der Waals surface area contributed by atoms with Crippen LogP contribution in [0.5, 0.6) is 0 Å². The number of anilines is 1. The van der Waals surface area contributed by atoms with Gasteiger partial charge in [0.1, 0.15) is 11.9 Å². The van der Waals surface area contributed by atoms with Gasteiger partial charge in [-0.2, -0.15) is 0 Å². The number of nitrogens with zero attached hydrogens (tertiary/aromatic N) is 1. The second-order valence-corrected chi connectivity index (χ2v) is 4.22. The van der Waals surface area contributed by atoms with E-state index in [1.165, 1.54) is 0 Å². The van der Waals surface area contributed by atoms with Gasteiger partial charge in [-0.3, -0.25) is 4.79 Å². The van der Waals surface area contributed by atoms with Gasteiger partial charge in [-0.15, -0.1) is 0 Å². The predicted octanol–water partition coefficient (Wildman–Crippen LogP) is 0.705. The molecule has 2 atom stereocenters. The third-order valence-corrected chi connectivity index (χ3v) is 2.77. The minimum Gasteiger partial charge on any atom is -0.375 e. The first-order valence-electron chi connectivity index (χ1n) is 5.75. The van der Waals surface area contributed by atoms with Crippen LogP contribution in [0.25, 0.3) is 0 Å². The molecule has 1 aliphatic rings. The number of rotatable bonds is 2. The van der Waals surface area contributed by atoms with Crippen molar-refractivity contribution in [2.24, 2.45) is 0 Å². The molecule has 1 amide bonds. The second-order valence-electron chi connectivity index (χ2n) is 4.22. The average molecular weight is 235 g/mol. The molecular weight excluding hydrogens is 218 g/mol. The highest BCUT2D eigenvalue weighted by molar-refractivity contribution is 5.94. The van der Waals surface area contributed by atoms with Crippen molar-refractivity contribution >= 4 is 11.7 Å². The maximum absolute atomic E-state index is 12.0. The largest absolute Gasteiger partial charge is 0.375 e. The first kappa shape index (κ1) is 12.0. The van der Waals surface area contributed by atoms with Crippen LogP contribution in [0.4, 0.5) is 5.82 Å². The SMILES string of the molecule is Cc1ccnc(NC(=O)[C@H]2NCCO[C@@H]2C)c1. The summed E-state index contributed by atoms with van der Waals surface area (Å²) in [6.07, 6.45) is 1.56. The van der Waals surface area contributed by atoms with E-state index in [1.54, 1.807) is 6.20 Å². The van der Waals surface area contributed by atoms with Crippen molar-refractivity contribution in [2.45, 2.75) is 26.0 Å². The van der Waals surface area contributed by atoms with Gasteiger partial charge < -0.3 is 15.4 Å². The number of carbonyl (C=O) groups excluding carboxylic acids is 1. The Morgan fingerprint density at radius 2 is 2.47 bits per heavy atom. The number of hydrogen-bond donors (Lipinski definition) is 2. The summed E-state index contributed by atoms with van der Waals surface area (Å²) in [4.78, 5) is 16.1. The lowest BCUT2D eigenvalue weighted by atomic mass is 10.1. The maximum atomic E-state index is 12.0. The van der Waals surface area contributed by atoms with Crippen LogP contribution in [0.1, 0.15) is 12.5 Å². The van der Waals surface area contributed by atoms with Gasteiger partial charge in [0.05, 0.1) is 12.7 Å². The molecule has 0 aliphatic carbocycles. The second kappa shape index (κ2) is 5.25. The summed E-state index contributed by atoms with van der Waals surface area (Å²) < 4.78 is 5.43. The van der Waals surface area contributed by atoms with Crippen molar-refractivity contribution in [1.29, 1.82) is 0 Å². The topological polar surface area (TPSA) is 63.2 Å². The summed E-state index contributed by atoms with van der Waals surface area (Å²) in [5.74, 6) is 0.477. The summed E-state index contributed by atoms with van der Waals surface area (Å²) in [7, 11) is 0. The van der Waals surface area contributed by atoms with E-state index in [1.807, 2.05) is 26.0 Å². The fourth-order valence-corrected chi connectivity index (χ4v) is 1.84. The van der Waals surface area contributed by atoms with Crippen LogP contribution in [0.2, 0.25) is 0 Å². The van der Waals surface area contributed by atoms with Crippen LogP contribution < -0.4 is 10.6 Å². The highest BCUT2D eigenvalue weighted by Gasteiger charge is 2.28. The summed E-state index contributed by atoms with van der Waals surface area (Å²) in [6, 6.07) is 3.41. The van der Waals surface area contributed by atoms with Gasteiger partial charge in [-0.1, -0.05) is 0 Å². The molecule has 0 saturated carbocycles. The van der Waals surface area contributed by atoms with Crippen molar-refractivity contribution < 1.29 is 9.53 Å². The van der Waals surface area contributed by atoms with Gasteiger partial charge >= 0.3 is 0 Å². The smallest absolute Gasteiger partial charge is 0.245 e. The van der Waals surface area contributed by atoms with E-state index in [4.69, 9.17) is 4.74 Å². The maximum Gasteiger partial charge on any atom is 0.245 e. The molecule has 1 fully saturated rings. The Kier molecular flexibility index (Phi) is 3.71. The third kappa shape index (κ3) is 3.01. The molecule has 0 aromatic carbocycles. The average Bonchev–Trinajstić information content (AvgIpc) is 2.29. The lowest BCUT2D eigenvalue weighted by Crippen LogP contribution is -2.53. The number of aromatic nitrogens is 1. The van der Waals surface area contributed by atoms with E-state index in [0.29, 0.717) is 19.0 Å². The summed E-state index contributed by atoms with van der Waals surface area (Å²) in [6.45, 7) is 5.19. The first-order valence-corrected chi connectivity index (χ1v) is 5.75. The Hall–Kier alpha value is -1.46. The molecule has 5 heteroatoms. The molecule has 0 bridgehead atoms. The zero-order valence-corrected chi connectivity index (χ0v) is 10.1. The number of nitrogens with one attached hydrogen (secondary N) is 2. The van der Waals surface area contributed by atoms with Crippen LogP contribution in [0.15, 0.2) is 18.3 Å². The molecule has 2 rings (SSSR count). The van der Waals surface area contributed by atoms with Crippen molar-refractivity contribution in [1.82, 2.24) is 10.3 Å². The molecule has 0 spiro atoms. The first-order chi connectivity index (χ1) is 8.16. The number of pyridine rings is 1. The molecule has 2 N–H and O–H groups in total. The third-order valence-electron chi connectivity index (χ3n) is 2.77. The van der Waals surface area contributed by atoms with Gasteiger partial charge in [0, 0.05) is 12.7 Å². The summed E-state index contributed by atoms with van der Waals surface area (Å²) >= 11 is 0. The van der Waals surface area contributed by atoms with Crippen LogP contribution >= 0.6 is 0 Å². The minimum absolute atomic E-state index is 0.102. The van der Waals surface area contributed by atoms with Crippen molar-refractivity contribution in [3.8, 4) is 0 Å². The Morgan fingerprint density at radius 1 is 1.65 bits per heavy atom. The van der Waals surface area contributed by atoms with Gasteiger partial charge in [-0.05, 0) is 31.5 Å². The molecule has 1 aromatic heterocycles. The molecule has 1 saturated heterocycles. The standard InChI is InChI=1S/C12H17N3O2/c1-8-3-4-13-10(7-8)15-12(16)11-9(2)17-6-5-14-11/h3-4,7,9,11,14H,5-6H2,1-2H3,(H,13,15,16)/t9-,11+/m1/s1. The molecule has 17 heavy (non-hydrogen) atoms. The number of morpholine rings is 1.